The lowest BCUT2D eigenvalue weighted by atomic mass is 10.0. The molecule has 0 fully saturated rings. The van der Waals surface area contributed by atoms with Crippen LogP contribution in [0, 0.1) is 19.7 Å². The largest absolute Gasteiger partial charge is 0.433 e. The summed E-state index contributed by atoms with van der Waals surface area (Å²) in [5, 5.41) is 4.16. The lowest BCUT2D eigenvalue weighted by molar-refractivity contribution is -0.140. The fraction of sp³-hybridized carbons (Fsp3) is 0.227. The number of benzene rings is 1. The van der Waals surface area contributed by atoms with E-state index in [0.29, 0.717) is 28.9 Å². The third-order valence-electron chi connectivity index (χ3n) is 5.56. The standard InChI is InChI=1S/C22H16F4N6O/c1-11-7-17(31-5-6-32-19(21(31)33)12(2)9-28-32)14(23)8-13(11)20-27-10-16-15(30-20)3-4-18(29-16)22(24,25)26/h3-4,7-10H,5-6H2,1-2H3. The van der Waals surface area contributed by atoms with Crippen molar-refractivity contribution in [1.82, 2.24) is 24.7 Å². The molecule has 4 heterocycles. The fourth-order valence-corrected chi connectivity index (χ4v) is 3.91. The number of alkyl halides is 3. The van der Waals surface area contributed by atoms with E-state index in [1.807, 2.05) is 0 Å². The van der Waals surface area contributed by atoms with Crippen molar-refractivity contribution in [3.05, 3.63) is 65.0 Å². The second-order valence-electron chi connectivity index (χ2n) is 7.77. The maximum absolute atomic E-state index is 15.2. The van der Waals surface area contributed by atoms with Crippen molar-refractivity contribution in [3.8, 4) is 11.4 Å². The van der Waals surface area contributed by atoms with Gasteiger partial charge in [-0.05, 0) is 43.7 Å². The highest BCUT2D eigenvalue weighted by Gasteiger charge is 2.33. The molecule has 0 N–H and O–H groups in total. The van der Waals surface area contributed by atoms with Crippen LogP contribution in [0.25, 0.3) is 22.4 Å². The first-order valence-corrected chi connectivity index (χ1v) is 9.99. The Morgan fingerprint density at radius 1 is 0.970 bits per heavy atom. The van der Waals surface area contributed by atoms with Crippen LogP contribution in [0.2, 0.25) is 0 Å². The number of aromatic nitrogens is 5. The smallest absolute Gasteiger partial charge is 0.302 e. The Bertz CT molecular complexity index is 1430. The molecular weight excluding hydrogens is 440 g/mol. The van der Waals surface area contributed by atoms with Crippen LogP contribution in [0.15, 0.2) is 36.7 Å². The quantitative estimate of drug-likeness (QED) is 0.420. The summed E-state index contributed by atoms with van der Waals surface area (Å²) in [6, 6.07) is 4.82. The van der Waals surface area contributed by atoms with Gasteiger partial charge >= 0.3 is 6.18 Å². The number of amides is 1. The molecule has 0 saturated heterocycles. The van der Waals surface area contributed by atoms with Crippen LogP contribution in [0.4, 0.5) is 23.2 Å². The number of aryl methyl sites for hydroxylation is 2. The van der Waals surface area contributed by atoms with Gasteiger partial charge < -0.3 is 4.90 Å². The molecule has 1 amide bonds. The van der Waals surface area contributed by atoms with Gasteiger partial charge in [-0.25, -0.2) is 19.3 Å². The van der Waals surface area contributed by atoms with Crippen LogP contribution in [0.3, 0.4) is 0 Å². The summed E-state index contributed by atoms with van der Waals surface area (Å²) in [6.45, 7) is 4.20. The molecule has 0 bridgehead atoms. The van der Waals surface area contributed by atoms with Gasteiger partial charge in [0.05, 0.1) is 30.1 Å². The summed E-state index contributed by atoms with van der Waals surface area (Å²) in [4.78, 5) is 26.2. The van der Waals surface area contributed by atoms with Gasteiger partial charge in [-0.2, -0.15) is 18.3 Å². The highest BCUT2D eigenvalue weighted by atomic mass is 19.4. The van der Waals surface area contributed by atoms with Crippen molar-refractivity contribution < 1.29 is 22.4 Å². The molecule has 7 nitrogen and oxygen atoms in total. The molecule has 0 aliphatic carbocycles. The molecule has 0 atom stereocenters. The fourth-order valence-electron chi connectivity index (χ4n) is 3.91. The molecule has 1 aromatic carbocycles. The normalized spacial score (nSPS) is 14.1. The molecule has 0 spiro atoms. The van der Waals surface area contributed by atoms with Crippen molar-refractivity contribution in [2.24, 2.45) is 0 Å². The minimum absolute atomic E-state index is 0.0192. The van der Waals surface area contributed by atoms with Gasteiger partial charge in [0.15, 0.2) is 5.82 Å². The number of halogens is 4. The number of hydrogen-bond acceptors (Lipinski definition) is 5. The van der Waals surface area contributed by atoms with Crippen LogP contribution in [-0.4, -0.2) is 37.2 Å². The number of carbonyl (C=O) groups is 1. The Hall–Kier alpha value is -3.89. The zero-order valence-corrected chi connectivity index (χ0v) is 17.5. The number of hydrogen-bond donors (Lipinski definition) is 0. The summed E-state index contributed by atoms with van der Waals surface area (Å²) in [5.74, 6) is -0.828. The van der Waals surface area contributed by atoms with Crippen LogP contribution in [0.5, 0.6) is 0 Å². The topological polar surface area (TPSA) is 76.8 Å². The average molecular weight is 456 g/mol. The van der Waals surface area contributed by atoms with E-state index in [-0.39, 0.29) is 35.0 Å². The van der Waals surface area contributed by atoms with Gasteiger partial charge in [0.2, 0.25) is 0 Å². The van der Waals surface area contributed by atoms with Gasteiger partial charge in [-0.1, -0.05) is 0 Å². The van der Waals surface area contributed by atoms with E-state index in [1.54, 1.807) is 30.8 Å². The van der Waals surface area contributed by atoms with Crippen molar-refractivity contribution in [2.75, 3.05) is 11.4 Å². The third kappa shape index (κ3) is 3.49. The second kappa shape index (κ2) is 7.32. The molecule has 4 aromatic rings. The van der Waals surface area contributed by atoms with Crippen molar-refractivity contribution in [2.45, 2.75) is 26.6 Å². The van der Waals surface area contributed by atoms with E-state index in [9.17, 15) is 18.0 Å². The number of anilines is 1. The lowest BCUT2D eigenvalue weighted by Gasteiger charge is -2.28. The minimum atomic E-state index is -4.58. The summed E-state index contributed by atoms with van der Waals surface area (Å²) in [6.07, 6.45) is -1.80. The first-order valence-electron chi connectivity index (χ1n) is 9.99. The predicted molar refractivity (Wildman–Crippen MR) is 111 cm³/mol. The monoisotopic (exact) mass is 456 g/mol. The molecule has 0 unspecified atom stereocenters. The molecule has 1 aliphatic rings. The van der Waals surface area contributed by atoms with Crippen LogP contribution in [0.1, 0.15) is 27.3 Å². The first-order chi connectivity index (χ1) is 15.6. The van der Waals surface area contributed by atoms with Gasteiger partial charge in [-0.15, -0.1) is 0 Å². The van der Waals surface area contributed by atoms with E-state index in [1.165, 1.54) is 23.2 Å². The Balaban J connectivity index is 1.52. The minimum Gasteiger partial charge on any atom is -0.302 e. The molecule has 0 saturated carbocycles. The third-order valence-corrected chi connectivity index (χ3v) is 5.56. The molecule has 33 heavy (non-hydrogen) atoms. The highest BCUT2D eigenvalue weighted by Crippen LogP contribution is 2.32. The summed E-state index contributed by atoms with van der Waals surface area (Å²) in [5.41, 5.74) is 1.38. The van der Waals surface area contributed by atoms with E-state index < -0.39 is 17.7 Å². The molecule has 3 aromatic heterocycles. The van der Waals surface area contributed by atoms with Crippen LogP contribution in [-0.2, 0) is 12.7 Å². The molecule has 168 valence electrons. The van der Waals surface area contributed by atoms with E-state index in [0.717, 1.165) is 6.07 Å². The number of pyridine rings is 1. The second-order valence-corrected chi connectivity index (χ2v) is 7.77. The maximum Gasteiger partial charge on any atom is 0.433 e. The SMILES string of the molecule is Cc1cc(N2CCn3ncc(C)c3C2=O)c(F)cc1-c1ncc2nc(C(F)(F)F)ccc2n1. The zero-order valence-electron chi connectivity index (χ0n) is 17.5. The lowest BCUT2D eigenvalue weighted by Crippen LogP contribution is -2.41. The molecule has 0 radical (unpaired) electrons. The Kier molecular flexibility index (Phi) is 4.66. The predicted octanol–water partition coefficient (Wildman–Crippen LogP) is 4.32. The van der Waals surface area contributed by atoms with Crippen LogP contribution >= 0.6 is 0 Å². The maximum atomic E-state index is 15.2. The number of carbonyl (C=O) groups excluding carboxylic acids is 1. The summed E-state index contributed by atoms with van der Waals surface area (Å²) >= 11 is 0. The highest BCUT2D eigenvalue weighted by molar-refractivity contribution is 6.06. The van der Waals surface area contributed by atoms with E-state index in [4.69, 9.17) is 0 Å². The summed E-state index contributed by atoms with van der Waals surface area (Å²) < 4.78 is 55.4. The number of nitrogens with zero attached hydrogens (tertiary/aromatic N) is 6. The van der Waals surface area contributed by atoms with E-state index in [2.05, 4.69) is 20.1 Å². The van der Waals surface area contributed by atoms with Crippen LogP contribution < -0.4 is 4.90 Å². The average Bonchev–Trinajstić information content (AvgIpc) is 3.16. The summed E-state index contributed by atoms with van der Waals surface area (Å²) in [7, 11) is 0. The number of rotatable bonds is 2. The van der Waals surface area contributed by atoms with Gasteiger partial charge in [-0.3, -0.25) is 9.48 Å². The zero-order chi connectivity index (χ0) is 23.5. The molecular formula is C22H16F4N6O. The van der Waals surface area contributed by atoms with Crippen molar-refractivity contribution >= 4 is 22.6 Å². The molecule has 11 heteroatoms. The Morgan fingerprint density at radius 3 is 2.52 bits per heavy atom. The van der Waals surface area contributed by atoms with Crippen molar-refractivity contribution in [1.29, 1.82) is 0 Å². The van der Waals surface area contributed by atoms with Gasteiger partial charge in [0.1, 0.15) is 22.7 Å². The van der Waals surface area contributed by atoms with Gasteiger partial charge in [0.25, 0.3) is 5.91 Å². The first kappa shape index (κ1) is 21.0. The van der Waals surface area contributed by atoms with Gasteiger partial charge in [0, 0.05) is 17.7 Å². The van der Waals surface area contributed by atoms with Crippen molar-refractivity contribution in [3.63, 3.8) is 0 Å². The number of fused-ring (bicyclic) bond motifs is 2. The molecule has 1 aliphatic heterocycles. The Morgan fingerprint density at radius 2 is 1.76 bits per heavy atom. The Labute approximate surface area is 184 Å². The van der Waals surface area contributed by atoms with E-state index >= 15 is 4.39 Å². The molecule has 5 rings (SSSR count).